The van der Waals surface area contributed by atoms with E-state index in [4.69, 9.17) is 25.7 Å². The van der Waals surface area contributed by atoms with E-state index in [1.807, 2.05) is 36.4 Å². The molecular weight excluding hydrogens is 741 g/mol. The van der Waals surface area contributed by atoms with Crippen molar-refractivity contribution in [2.24, 2.45) is 52.3 Å². The molecule has 6 heteroatoms. The Bertz CT molecular complexity index is 2060. The number of esters is 1. The van der Waals surface area contributed by atoms with Gasteiger partial charge in [-0.2, -0.15) is 0 Å². The highest BCUT2D eigenvalue weighted by Crippen LogP contribution is 2.70. The van der Waals surface area contributed by atoms with E-state index >= 15 is 0 Å². The second-order valence-electron chi connectivity index (χ2n) is 20.4. The predicted octanol–water partition coefficient (Wildman–Crippen LogP) is 13.2. The van der Waals surface area contributed by atoms with E-state index in [0.29, 0.717) is 39.4 Å². The second kappa shape index (κ2) is 17.2. The molecule has 0 radical (unpaired) electrons. The number of fused-ring (bicyclic) bond motifs is 5. The summed E-state index contributed by atoms with van der Waals surface area (Å²) in [7, 11) is 1.67. The lowest BCUT2D eigenvalue weighted by molar-refractivity contribution is -0.122. The van der Waals surface area contributed by atoms with Crippen LogP contribution in [0.3, 0.4) is 0 Å². The summed E-state index contributed by atoms with van der Waals surface area (Å²) < 4.78 is 18.0. The van der Waals surface area contributed by atoms with E-state index in [9.17, 15) is 4.79 Å². The van der Waals surface area contributed by atoms with Gasteiger partial charge in [0.15, 0.2) is 0 Å². The lowest BCUT2D eigenvalue weighted by Crippen LogP contribution is -2.55. The number of carbonyl (C=O) groups excluding carboxylic acids is 1. The molecule has 4 aromatic carbocycles. The number of nitrogens with two attached hydrogens (primary N) is 2. The van der Waals surface area contributed by atoms with Gasteiger partial charge in [-0.05, 0) is 182 Å². The normalized spacial score (nSPS) is 30.8. The molecule has 0 saturated heterocycles. The fourth-order valence-corrected chi connectivity index (χ4v) is 13.5. The molecule has 8 rings (SSSR count). The Morgan fingerprint density at radius 1 is 0.683 bits per heavy atom. The standard InChI is InChI=1S/C54H70N2O4/c1-35(2)8-7-9-36(3)47-28-29-48-46-27-18-41-34-54(33-32-52(41,4)49(46)30-31-53(47,48)5,39-14-23-44(24-15-39)59-50(57)37-10-19-42(55)20-11-37)40-16-25-45(26-17-40)60-51(58-6)38-12-21-43(56)22-13-38/h10-17,19-26,35-36,41,46-49,51H,7-9,18,27-34,55-56H2,1-6H3. The zero-order valence-corrected chi connectivity index (χ0v) is 37.1. The maximum atomic E-state index is 13.1. The number of carbonyl (C=O) groups is 1. The first-order chi connectivity index (χ1) is 28.8. The van der Waals surface area contributed by atoms with E-state index in [0.717, 1.165) is 59.7 Å². The van der Waals surface area contributed by atoms with E-state index in [1.165, 1.54) is 75.3 Å². The zero-order valence-electron chi connectivity index (χ0n) is 37.1. The molecule has 4 aliphatic carbocycles. The molecule has 6 nitrogen and oxygen atoms in total. The summed E-state index contributed by atoms with van der Waals surface area (Å²) in [5.74, 6) is 6.60. The van der Waals surface area contributed by atoms with Crippen LogP contribution in [0.25, 0.3) is 0 Å². The highest BCUT2D eigenvalue weighted by molar-refractivity contribution is 5.91. The van der Waals surface area contributed by atoms with Gasteiger partial charge in [0.25, 0.3) is 0 Å². The third-order valence-corrected chi connectivity index (χ3v) is 16.8. The summed E-state index contributed by atoms with van der Waals surface area (Å²) in [4.78, 5) is 13.1. The Kier molecular flexibility index (Phi) is 12.2. The minimum Gasteiger partial charge on any atom is -0.461 e. The largest absolute Gasteiger partial charge is 0.461 e. The summed E-state index contributed by atoms with van der Waals surface area (Å²) in [5, 5.41) is 0. The van der Waals surface area contributed by atoms with Crippen LogP contribution in [0.4, 0.5) is 11.4 Å². The van der Waals surface area contributed by atoms with Gasteiger partial charge in [0, 0.05) is 29.5 Å². The highest BCUT2D eigenvalue weighted by Gasteiger charge is 2.62. The Hall–Kier alpha value is -4.29. The maximum absolute atomic E-state index is 13.1. The van der Waals surface area contributed by atoms with Crippen molar-refractivity contribution in [3.05, 3.63) is 119 Å². The first-order valence-corrected chi connectivity index (χ1v) is 23.2. The molecule has 320 valence electrons. The molecular formula is C54H70N2O4. The molecule has 0 spiro atoms. The fourth-order valence-electron chi connectivity index (χ4n) is 13.5. The Morgan fingerprint density at radius 3 is 1.93 bits per heavy atom. The van der Waals surface area contributed by atoms with E-state index in [2.05, 4.69) is 71.0 Å². The third kappa shape index (κ3) is 8.10. The van der Waals surface area contributed by atoms with Crippen LogP contribution >= 0.6 is 0 Å². The van der Waals surface area contributed by atoms with Crippen molar-refractivity contribution in [3.8, 4) is 11.5 Å². The number of hydrogen-bond acceptors (Lipinski definition) is 6. The van der Waals surface area contributed by atoms with Crippen molar-refractivity contribution in [2.45, 2.75) is 123 Å². The summed E-state index contributed by atoms with van der Waals surface area (Å²) >= 11 is 0. The van der Waals surface area contributed by atoms with Crippen molar-refractivity contribution in [1.82, 2.24) is 0 Å². The highest BCUT2D eigenvalue weighted by atomic mass is 16.7. The average molecular weight is 811 g/mol. The molecule has 10 unspecified atom stereocenters. The predicted molar refractivity (Wildman–Crippen MR) is 244 cm³/mol. The Labute approximate surface area is 360 Å². The number of benzene rings is 4. The van der Waals surface area contributed by atoms with Crippen molar-refractivity contribution >= 4 is 17.3 Å². The van der Waals surface area contributed by atoms with E-state index in [1.54, 1.807) is 31.4 Å². The molecule has 0 aliphatic heterocycles. The number of nitrogen functional groups attached to an aromatic ring is 2. The van der Waals surface area contributed by atoms with Crippen LogP contribution in [0.5, 0.6) is 11.5 Å². The van der Waals surface area contributed by atoms with Crippen molar-refractivity contribution in [1.29, 1.82) is 0 Å². The lowest BCUT2D eigenvalue weighted by Gasteiger charge is -2.63. The third-order valence-electron chi connectivity index (χ3n) is 16.8. The monoisotopic (exact) mass is 811 g/mol. The van der Waals surface area contributed by atoms with Gasteiger partial charge in [-0.1, -0.05) is 90.3 Å². The number of methoxy groups -OCH3 is 1. The number of hydrogen-bond donors (Lipinski definition) is 2. The molecule has 4 saturated carbocycles. The summed E-state index contributed by atoms with van der Waals surface area (Å²) in [5.41, 5.74) is 17.8. The molecule has 0 aromatic heterocycles. The molecule has 0 bridgehead atoms. The minimum atomic E-state index is -0.542. The molecule has 4 N–H and O–H groups in total. The molecule has 4 aromatic rings. The van der Waals surface area contributed by atoms with Crippen LogP contribution in [0.2, 0.25) is 0 Å². The fraction of sp³-hybridized carbons (Fsp3) is 0.537. The van der Waals surface area contributed by atoms with Gasteiger partial charge in [0.2, 0.25) is 6.29 Å². The summed E-state index contributed by atoms with van der Waals surface area (Å²) in [6.07, 6.45) is 15.4. The van der Waals surface area contributed by atoms with Gasteiger partial charge in [-0.25, -0.2) is 4.79 Å². The number of ether oxygens (including phenoxy) is 3. The smallest absolute Gasteiger partial charge is 0.343 e. The minimum absolute atomic E-state index is 0.181. The van der Waals surface area contributed by atoms with Crippen LogP contribution in [-0.4, -0.2) is 13.1 Å². The van der Waals surface area contributed by atoms with Crippen LogP contribution < -0.4 is 20.9 Å². The molecule has 10 atom stereocenters. The van der Waals surface area contributed by atoms with Crippen LogP contribution in [0.15, 0.2) is 97.1 Å². The molecule has 60 heavy (non-hydrogen) atoms. The molecule has 4 fully saturated rings. The van der Waals surface area contributed by atoms with Crippen LogP contribution in [-0.2, 0) is 10.2 Å². The van der Waals surface area contributed by atoms with Gasteiger partial charge in [-0.3, -0.25) is 0 Å². The summed E-state index contributed by atoms with van der Waals surface area (Å²) in [6.45, 7) is 12.8. The van der Waals surface area contributed by atoms with Gasteiger partial charge in [-0.15, -0.1) is 0 Å². The Morgan fingerprint density at radius 2 is 1.30 bits per heavy atom. The number of rotatable bonds is 13. The maximum Gasteiger partial charge on any atom is 0.343 e. The molecule has 0 heterocycles. The van der Waals surface area contributed by atoms with Crippen LogP contribution in [0.1, 0.15) is 145 Å². The number of anilines is 2. The van der Waals surface area contributed by atoms with Gasteiger partial charge in [0.1, 0.15) is 11.5 Å². The lowest BCUT2D eigenvalue weighted by atomic mass is 9.42. The first kappa shape index (κ1) is 42.4. The van der Waals surface area contributed by atoms with Crippen molar-refractivity contribution < 1.29 is 19.0 Å². The second-order valence-corrected chi connectivity index (χ2v) is 20.4. The van der Waals surface area contributed by atoms with Crippen LogP contribution in [0, 0.1) is 52.3 Å². The summed E-state index contributed by atoms with van der Waals surface area (Å²) in [6, 6.07) is 31.7. The average Bonchev–Trinajstić information content (AvgIpc) is 3.61. The van der Waals surface area contributed by atoms with Gasteiger partial charge < -0.3 is 25.7 Å². The van der Waals surface area contributed by atoms with Gasteiger partial charge in [0.05, 0.1) is 5.56 Å². The SMILES string of the molecule is COC(Oc1ccc(C2(c3ccc(OC(=O)c4ccc(N)cc4)cc3)CCC3(C)C(CCC4C3CCC3(C)C(C(C)CCCC(C)C)CCC43)C2)cc1)c1ccc(N)cc1. The van der Waals surface area contributed by atoms with E-state index in [-0.39, 0.29) is 11.4 Å². The van der Waals surface area contributed by atoms with E-state index < -0.39 is 6.29 Å². The molecule has 4 aliphatic rings. The quantitative estimate of drug-likeness (QED) is 0.0604. The van der Waals surface area contributed by atoms with Gasteiger partial charge >= 0.3 is 5.97 Å². The Balaban J connectivity index is 1.05. The molecule has 0 amide bonds. The zero-order chi connectivity index (χ0) is 42.2. The van der Waals surface area contributed by atoms with Crippen molar-refractivity contribution in [3.63, 3.8) is 0 Å². The van der Waals surface area contributed by atoms with Crippen molar-refractivity contribution in [2.75, 3.05) is 18.6 Å². The topological polar surface area (TPSA) is 96.8 Å². The first-order valence-electron chi connectivity index (χ1n) is 23.2.